The van der Waals surface area contributed by atoms with E-state index in [4.69, 9.17) is 44.9 Å². The number of anilines is 2. The maximum atomic E-state index is 13.1. The molecule has 0 bridgehead atoms. The smallest absolute Gasteiger partial charge is 0.270 e. The number of nitrogens with zero attached hydrogens (tertiary/aromatic N) is 1. The molecule has 10 heteroatoms. The Kier molecular flexibility index (Phi) is 8.21. The third kappa shape index (κ3) is 6.02. The van der Waals surface area contributed by atoms with Gasteiger partial charge < -0.3 is 14.8 Å². The van der Waals surface area contributed by atoms with E-state index in [2.05, 4.69) is 5.32 Å². The van der Waals surface area contributed by atoms with Crippen LogP contribution in [0, 0.1) is 6.92 Å². The molecule has 36 heavy (non-hydrogen) atoms. The van der Waals surface area contributed by atoms with Gasteiger partial charge in [-0.1, -0.05) is 65.4 Å². The van der Waals surface area contributed by atoms with Crippen LogP contribution in [0.4, 0.5) is 11.4 Å². The van der Waals surface area contributed by atoms with Crippen molar-refractivity contribution in [3.8, 4) is 11.5 Å². The molecule has 2 amide bonds. The van der Waals surface area contributed by atoms with Crippen LogP contribution in [0.1, 0.15) is 11.1 Å². The van der Waals surface area contributed by atoms with Gasteiger partial charge in [0.15, 0.2) is 22.4 Å². The number of halogens is 2. The van der Waals surface area contributed by atoms with Crippen LogP contribution in [0.15, 0.2) is 65.6 Å². The van der Waals surface area contributed by atoms with E-state index in [-0.39, 0.29) is 18.4 Å². The molecule has 0 radical (unpaired) electrons. The predicted octanol–water partition coefficient (Wildman–Crippen LogP) is 6.73. The fourth-order valence-corrected chi connectivity index (χ4v) is 5.01. The lowest BCUT2D eigenvalue weighted by atomic mass is 10.1. The minimum atomic E-state index is -0.376. The van der Waals surface area contributed by atoms with Crippen LogP contribution in [0.5, 0.6) is 11.5 Å². The summed E-state index contributed by atoms with van der Waals surface area (Å²) >= 11 is 18.6. The number of amides is 2. The Morgan fingerprint density at radius 1 is 1.08 bits per heavy atom. The molecule has 0 spiro atoms. The second-order valence-corrected chi connectivity index (χ2v) is 10.2. The van der Waals surface area contributed by atoms with Crippen LogP contribution < -0.4 is 19.7 Å². The fraction of sp³-hybridized carbons (Fsp3) is 0.115. The normalized spacial score (nSPS) is 14.3. The van der Waals surface area contributed by atoms with E-state index < -0.39 is 0 Å². The van der Waals surface area contributed by atoms with Crippen LogP contribution in [-0.2, 0) is 9.59 Å². The fourth-order valence-electron chi connectivity index (χ4n) is 3.42. The highest BCUT2D eigenvalue weighted by Crippen LogP contribution is 2.37. The summed E-state index contributed by atoms with van der Waals surface area (Å²) in [5.74, 6) is 0.236. The van der Waals surface area contributed by atoms with Crippen molar-refractivity contribution in [1.82, 2.24) is 0 Å². The largest absolute Gasteiger partial charge is 0.493 e. The lowest BCUT2D eigenvalue weighted by Crippen LogP contribution is -2.27. The molecule has 6 nitrogen and oxygen atoms in total. The van der Waals surface area contributed by atoms with Crippen molar-refractivity contribution in [2.75, 3.05) is 23.9 Å². The van der Waals surface area contributed by atoms with Crippen molar-refractivity contribution in [3.05, 3.63) is 86.7 Å². The highest BCUT2D eigenvalue weighted by Gasteiger charge is 2.33. The van der Waals surface area contributed by atoms with Crippen molar-refractivity contribution < 1.29 is 19.1 Å². The Bertz CT molecular complexity index is 1390. The average Bonchev–Trinajstić information content (AvgIpc) is 3.12. The molecule has 1 saturated heterocycles. The quantitative estimate of drug-likeness (QED) is 0.256. The van der Waals surface area contributed by atoms with Gasteiger partial charge in [0.1, 0.15) is 0 Å². The first kappa shape index (κ1) is 26.0. The summed E-state index contributed by atoms with van der Waals surface area (Å²) in [6.07, 6.45) is 1.75. The second-order valence-electron chi connectivity index (χ2n) is 7.73. The van der Waals surface area contributed by atoms with Gasteiger partial charge in [-0.15, -0.1) is 0 Å². The summed E-state index contributed by atoms with van der Waals surface area (Å²) in [4.78, 5) is 27.4. The molecular formula is C26H20Cl2N2O4S2. The number of benzene rings is 3. The highest BCUT2D eigenvalue weighted by atomic mass is 35.5. The summed E-state index contributed by atoms with van der Waals surface area (Å²) in [6, 6.07) is 17.6. The standard InChI is InChI=1S/C26H20Cl2N2O4S2/c1-15-4-3-5-18(10-15)30-25(32)23(36-26(30)35)12-16-6-9-21(22(11-16)33-2)34-14-24(31)29-17-7-8-19(27)20(28)13-17/h3-13H,14H2,1-2H3,(H,29,31)/b23-12-. The Morgan fingerprint density at radius 2 is 1.89 bits per heavy atom. The van der Waals surface area contributed by atoms with E-state index in [0.29, 0.717) is 36.5 Å². The molecule has 0 saturated carbocycles. The third-order valence-electron chi connectivity index (χ3n) is 5.10. The molecular weight excluding hydrogens is 539 g/mol. The van der Waals surface area contributed by atoms with Gasteiger partial charge in [0.05, 0.1) is 27.7 Å². The molecule has 3 aromatic carbocycles. The SMILES string of the molecule is COc1cc(/C=C2\SC(=S)N(c3cccc(C)c3)C2=O)ccc1OCC(=O)Nc1ccc(Cl)c(Cl)c1. The van der Waals surface area contributed by atoms with E-state index in [9.17, 15) is 9.59 Å². The maximum absolute atomic E-state index is 13.1. The minimum absolute atomic E-state index is 0.186. The lowest BCUT2D eigenvalue weighted by Gasteiger charge is -2.14. The first-order chi connectivity index (χ1) is 17.2. The monoisotopic (exact) mass is 558 g/mol. The Balaban J connectivity index is 1.45. The van der Waals surface area contributed by atoms with Crippen molar-refractivity contribution in [1.29, 1.82) is 0 Å². The predicted molar refractivity (Wildman–Crippen MR) is 150 cm³/mol. The summed E-state index contributed by atoms with van der Waals surface area (Å²) in [6.45, 7) is 1.72. The van der Waals surface area contributed by atoms with Crippen LogP contribution in [0.3, 0.4) is 0 Å². The van der Waals surface area contributed by atoms with E-state index in [1.807, 2.05) is 31.2 Å². The summed E-state index contributed by atoms with van der Waals surface area (Å²) in [5, 5.41) is 3.43. The van der Waals surface area contributed by atoms with Gasteiger partial charge in [-0.2, -0.15) is 0 Å². The number of ether oxygens (including phenoxy) is 2. The Hall–Kier alpha value is -3.04. The number of carbonyl (C=O) groups excluding carboxylic acids is 2. The zero-order valence-electron chi connectivity index (χ0n) is 19.2. The number of rotatable bonds is 7. The maximum Gasteiger partial charge on any atom is 0.270 e. The van der Waals surface area contributed by atoms with Crippen molar-refractivity contribution >= 4 is 80.8 Å². The number of nitrogens with one attached hydrogen (secondary N) is 1. The van der Waals surface area contributed by atoms with Crippen LogP contribution in [0.2, 0.25) is 10.0 Å². The van der Waals surface area contributed by atoms with Crippen molar-refractivity contribution in [3.63, 3.8) is 0 Å². The molecule has 0 unspecified atom stereocenters. The van der Waals surface area contributed by atoms with Gasteiger partial charge in [-0.3, -0.25) is 14.5 Å². The molecule has 0 aliphatic carbocycles. The zero-order valence-corrected chi connectivity index (χ0v) is 22.4. The van der Waals surface area contributed by atoms with Crippen molar-refractivity contribution in [2.45, 2.75) is 6.92 Å². The topological polar surface area (TPSA) is 67.9 Å². The summed E-state index contributed by atoms with van der Waals surface area (Å²) in [7, 11) is 1.50. The Labute approximate surface area is 228 Å². The van der Waals surface area contributed by atoms with Crippen molar-refractivity contribution in [2.24, 2.45) is 0 Å². The molecule has 0 aromatic heterocycles. The molecule has 1 aliphatic heterocycles. The third-order valence-corrected chi connectivity index (χ3v) is 7.14. The molecule has 1 fully saturated rings. The summed E-state index contributed by atoms with van der Waals surface area (Å²) in [5.41, 5.74) is 3.00. The second kappa shape index (κ2) is 11.3. The molecule has 1 heterocycles. The zero-order chi connectivity index (χ0) is 25.8. The molecule has 3 aromatic rings. The molecule has 1 aliphatic rings. The highest BCUT2D eigenvalue weighted by molar-refractivity contribution is 8.27. The van der Waals surface area contributed by atoms with Gasteiger partial charge in [-0.25, -0.2) is 0 Å². The first-order valence-corrected chi connectivity index (χ1v) is 12.6. The average molecular weight is 559 g/mol. The van der Waals surface area contributed by atoms with Gasteiger partial charge in [0, 0.05) is 5.69 Å². The number of thiocarbonyl (C=S) groups is 1. The van der Waals surface area contributed by atoms with Gasteiger partial charge in [0.25, 0.3) is 11.8 Å². The minimum Gasteiger partial charge on any atom is -0.493 e. The summed E-state index contributed by atoms with van der Waals surface area (Å²) < 4.78 is 11.6. The number of hydrogen-bond donors (Lipinski definition) is 1. The molecule has 1 N–H and O–H groups in total. The Morgan fingerprint density at radius 3 is 2.61 bits per heavy atom. The van der Waals surface area contributed by atoms with Gasteiger partial charge in [-0.05, 0) is 66.6 Å². The molecule has 4 rings (SSSR count). The van der Waals surface area contributed by atoms with E-state index in [0.717, 1.165) is 16.8 Å². The van der Waals surface area contributed by atoms with Crippen LogP contribution in [-0.4, -0.2) is 29.9 Å². The van der Waals surface area contributed by atoms with Crippen LogP contribution in [0.25, 0.3) is 6.08 Å². The lowest BCUT2D eigenvalue weighted by molar-refractivity contribution is -0.118. The number of carbonyl (C=O) groups is 2. The van der Waals surface area contributed by atoms with Gasteiger partial charge in [0.2, 0.25) is 0 Å². The van der Waals surface area contributed by atoms with E-state index in [1.165, 1.54) is 23.8 Å². The van der Waals surface area contributed by atoms with E-state index >= 15 is 0 Å². The number of methoxy groups -OCH3 is 1. The van der Waals surface area contributed by atoms with E-state index in [1.54, 1.807) is 42.5 Å². The van der Waals surface area contributed by atoms with Gasteiger partial charge >= 0.3 is 0 Å². The molecule has 184 valence electrons. The molecule has 0 atom stereocenters. The first-order valence-electron chi connectivity index (χ1n) is 10.7. The number of aryl methyl sites for hydroxylation is 1. The van der Waals surface area contributed by atoms with Crippen LogP contribution >= 0.6 is 47.2 Å². The number of hydrogen-bond acceptors (Lipinski definition) is 6. The number of thioether (sulfide) groups is 1.